The predicted molar refractivity (Wildman–Crippen MR) is 75.8 cm³/mol. The lowest BCUT2D eigenvalue weighted by Crippen LogP contribution is -2.48. The average Bonchev–Trinajstić information content (AvgIpc) is 2.39. The standard InChI is InChI=1S/C14H24N4/c1-11(2)17-6-8-18(9-7-17)13-4-5-14(12(3)15)16-10-13/h4-5,10-12H,6-9,15H2,1-3H3. The van der Waals surface area contributed by atoms with Crippen LogP contribution in [0.25, 0.3) is 0 Å². The van der Waals surface area contributed by atoms with Gasteiger partial charge in [-0.25, -0.2) is 0 Å². The van der Waals surface area contributed by atoms with Crippen molar-refractivity contribution in [2.24, 2.45) is 5.73 Å². The van der Waals surface area contributed by atoms with Gasteiger partial charge < -0.3 is 10.6 Å². The molecular weight excluding hydrogens is 224 g/mol. The number of piperazine rings is 1. The highest BCUT2D eigenvalue weighted by Gasteiger charge is 2.19. The van der Waals surface area contributed by atoms with Gasteiger partial charge >= 0.3 is 0 Å². The van der Waals surface area contributed by atoms with Gasteiger partial charge in [0.1, 0.15) is 0 Å². The molecule has 100 valence electrons. The van der Waals surface area contributed by atoms with E-state index in [9.17, 15) is 0 Å². The van der Waals surface area contributed by atoms with Crippen LogP contribution in [0.1, 0.15) is 32.5 Å². The molecule has 2 heterocycles. The smallest absolute Gasteiger partial charge is 0.0569 e. The molecule has 0 aromatic carbocycles. The summed E-state index contributed by atoms with van der Waals surface area (Å²) < 4.78 is 0. The minimum Gasteiger partial charge on any atom is -0.368 e. The Morgan fingerprint density at radius 1 is 1.11 bits per heavy atom. The van der Waals surface area contributed by atoms with Crippen molar-refractivity contribution in [2.45, 2.75) is 32.9 Å². The molecule has 1 fully saturated rings. The van der Waals surface area contributed by atoms with Gasteiger partial charge in [0.15, 0.2) is 0 Å². The molecule has 1 aromatic heterocycles. The minimum absolute atomic E-state index is 0.0110. The fourth-order valence-corrected chi connectivity index (χ4v) is 2.35. The van der Waals surface area contributed by atoms with Crippen LogP contribution in [0, 0.1) is 0 Å². The topological polar surface area (TPSA) is 45.4 Å². The molecule has 1 aliphatic heterocycles. The molecule has 2 rings (SSSR count). The Labute approximate surface area is 110 Å². The molecule has 0 radical (unpaired) electrons. The van der Waals surface area contributed by atoms with Gasteiger partial charge in [-0.1, -0.05) is 0 Å². The van der Waals surface area contributed by atoms with E-state index in [1.807, 2.05) is 19.2 Å². The summed E-state index contributed by atoms with van der Waals surface area (Å²) in [5.41, 5.74) is 7.98. The predicted octanol–water partition coefficient (Wildman–Crippen LogP) is 1.63. The number of aromatic nitrogens is 1. The van der Waals surface area contributed by atoms with Crippen LogP contribution in [0.4, 0.5) is 5.69 Å². The molecular formula is C14H24N4. The maximum absolute atomic E-state index is 5.81. The van der Waals surface area contributed by atoms with Crippen molar-refractivity contribution in [1.29, 1.82) is 0 Å². The molecule has 0 aliphatic carbocycles. The van der Waals surface area contributed by atoms with Gasteiger partial charge in [-0.2, -0.15) is 0 Å². The van der Waals surface area contributed by atoms with Crippen molar-refractivity contribution >= 4 is 5.69 Å². The molecule has 0 bridgehead atoms. The maximum atomic E-state index is 5.81. The summed E-state index contributed by atoms with van der Waals surface area (Å²) in [6.45, 7) is 10.9. The first-order chi connectivity index (χ1) is 8.58. The molecule has 0 saturated carbocycles. The van der Waals surface area contributed by atoms with Gasteiger partial charge in [0.05, 0.1) is 17.6 Å². The highest BCUT2D eigenvalue weighted by molar-refractivity contribution is 5.45. The summed E-state index contributed by atoms with van der Waals surface area (Å²) in [4.78, 5) is 9.34. The number of nitrogens with zero attached hydrogens (tertiary/aromatic N) is 3. The summed E-state index contributed by atoms with van der Waals surface area (Å²) in [6.07, 6.45) is 1.95. The van der Waals surface area contributed by atoms with Gasteiger partial charge in [0, 0.05) is 38.3 Å². The van der Waals surface area contributed by atoms with Crippen LogP contribution in [-0.2, 0) is 0 Å². The van der Waals surface area contributed by atoms with E-state index in [-0.39, 0.29) is 6.04 Å². The van der Waals surface area contributed by atoms with Crippen LogP contribution in [0.2, 0.25) is 0 Å². The second-order valence-corrected chi connectivity index (χ2v) is 5.35. The first-order valence-electron chi connectivity index (χ1n) is 6.78. The minimum atomic E-state index is 0.0110. The van der Waals surface area contributed by atoms with E-state index >= 15 is 0 Å². The zero-order valence-corrected chi connectivity index (χ0v) is 11.6. The molecule has 2 N–H and O–H groups in total. The Morgan fingerprint density at radius 3 is 2.22 bits per heavy atom. The lowest BCUT2D eigenvalue weighted by atomic mass is 10.2. The van der Waals surface area contributed by atoms with Crippen molar-refractivity contribution in [3.05, 3.63) is 24.0 Å². The summed E-state index contributed by atoms with van der Waals surface area (Å²) in [5, 5.41) is 0. The lowest BCUT2D eigenvalue weighted by molar-refractivity contribution is 0.209. The van der Waals surface area contributed by atoms with Crippen molar-refractivity contribution in [3.8, 4) is 0 Å². The normalized spacial score (nSPS) is 19.3. The van der Waals surface area contributed by atoms with Crippen LogP contribution < -0.4 is 10.6 Å². The molecule has 1 unspecified atom stereocenters. The van der Waals surface area contributed by atoms with Crippen molar-refractivity contribution in [3.63, 3.8) is 0 Å². The molecule has 0 spiro atoms. The first kappa shape index (κ1) is 13.3. The number of pyridine rings is 1. The summed E-state index contributed by atoms with van der Waals surface area (Å²) in [7, 11) is 0. The van der Waals surface area contributed by atoms with Crippen LogP contribution in [0.5, 0.6) is 0 Å². The molecule has 4 heteroatoms. The number of anilines is 1. The van der Waals surface area contributed by atoms with Crippen LogP contribution in [-0.4, -0.2) is 42.1 Å². The van der Waals surface area contributed by atoms with Gasteiger partial charge in [0.2, 0.25) is 0 Å². The fraction of sp³-hybridized carbons (Fsp3) is 0.643. The van der Waals surface area contributed by atoms with E-state index < -0.39 is 0 Å². The second-order valence-electron chi connectivity index (χ2n) is 5.35. The van der Waals surface area contributed by atoms with E-state index in [1.165, 1.54) is 5.69 Å². The monoisotopic (exact) mass is 248 g/mol. The van der Waals surface area contributed by atoms with Crippen LogP contribution >= 0.6 is 0 Å². The van der Waals surface area contributed by atoms with E-state index in [0.29, 0.717) is 6.04 Å². The maximum Gasteiger partial charge on any atom is 0.0569 e. The molecule has 0 amide bonds. The molecule has 1 aliphatic rings. The number of hydrogen-bond acceptors (Lipinski definition) is 4. The molecule has 1 aromatic rings. The van der Waals surface area contributed by atoms with Crippen LogP contribution in [0.3, 0.4) is 0 Å². The SMILES string of the molecule is CC(N)c1ccc(N2CCN(C(C)C)CC2)cn1. The summed E-state index contributed by atoms with van der Waals surface area (Å²) in [5.74, 6) is 0. The first-order valence-corrected chi connectivity index (χ1v) is 6.78. The van der Waals surface area contributed by atoms with Gasteiger partial charge in [-0.3, -0.25) is 9.88 Å². The Hall–Kier alpha value is -1.13. The third kappa shape index (κ3) is 3.00. The third-order valence-electron chi connectivity index (χ3n) is 3.65. The van der Waals surface area contributed by atoms with E-state index in [2.05, 4.69) is 34.7 Å². The third-order valence-corrected chi connectivity index (χ3v) is 3.65. The Kier molecular flexibility index (Phi) is 4.19. The van der Waals surface area contributed by atoms with Crippen LogP contribution in [0.15, 0.2) is 18.3 Å². The van der Waals surface area contributed by atoms with E-state index in [0.717, 1.165) is 31.9 Å². The highest BCUT2D eigenvalue weighted by atomic mass is 15.3. The van der Waals surface area contributed by atoms with Gasteiger partial charge in [-0.05, 0) is 32.9 Å². The van der Waals surface area contributed by atoms with E-state index in [1.54, 1.807) is 0 Å². The van der Waals surface area contributed by atoms with Crippen molar-refractivity contribution in [1.82, 2.24) is 9.88 Å². The molecule has 1 saturated heterocycles. The largest absolute Gasteiger partial charge is 0.368 e. The summed E-state index contributed by atoms with van der Waals surface area (Å²) >= 11 is 0. The summed E-state index contributed by atoms with van der Waals surface area (Å²) in [6, 6.07) is 4.83. The van der Waals surface area contributed by atoms with Gasteiger partial charge in [-0.15, -0.1) is 0 Å². The number of hydrogen-bond donors (Lipinski definition) is 1. The van der Waals surface area contributed by atoms with E-state index in [4.69, 9.17) is 5.73 Å². The Balaban J connectivity index is 1.97. The number of rotatable bonds is 3. The average molecular weight is 248 g/mol. The lowest BCUT2D eigenvalue weighted by Gasteiger charge is -2.38. The Bertz CT molecular complexity index is 364. The van der Waals surface area contributed by atoms with Gasteiger partial charge in [0.25, 0.3) is 0 Å². The fourth-order valence-electron chi connectivity index (χ4n) is 2.35. The highest BCUT2D eigenvalue weighted by Crippen LogP contribution is 2.18. The quantitative estimate of drug-likeness (QED) is 0.883. The van der Waals surface area contributed by atoms with Crippen molar-refractivity contribution in [2.75, 3.05) is 31.1 Å². The zero-order valence-electron chi connectivity index (χ0n) is 11.6. The molecule has 4 nitrogen and oxygen atoms in total. The number of nitrogens with two attached hydrogens (primary N) is 1. The second kappa shape index (κ2) is 5.67. The van der Waals surface area contributed by atoms with Crippen molar-refractivity contribution < 1.29 is 0 Å². The zero-order chi connectivity index (χ0) is 13.1. The molecule has 18 heavy (non-hydrogen) atoms. The molecule has 1 atom stereocenters. The Morgan fingerprint density at radius 2 is 1.78 bits per heavy atom.